The molecule has 0 saturated carbocycles. The summed E-state index contributed by atoms with van der Waals surface area (Å²) in [7, 11) is 0. The highest BCUT2D eigenvalue weighted by molar-refractivity contribution is 5.78. The number of rotatable bonds is 7. The fraction of sp³-hybridized carbons (Fsp3) is 0.929. The largest absolute Gasteiger partial charge is 0.341 e. The quantitative estimate of drug-likeness (QED) is 0.740. The van der Waals surface area contributed by atoms with Crippen LogP contribution < -0.4 is 5.32 Å². The predicted molar refractivity (Wildman–Crippen MR) is 71.9 cm³/mol. The number of nitrogens with zero attached hydrogens (tertiary/aromatic N) is 1. The highest BCUT2D eigenvalue weighted by atomic mass is 16.2. The van der Waals surface area contributed by atoms with Crippen molar-refractivity contribution < 1.29 is 4.79 Å². The monoisotopic (exact) mass is 240 g/mol. The molecule has 3 atom stereocenters. The maximum Gasteiger partial charge on any atom is 0.222 e. The molecule has 0 aromatic carbocycles. The zero-order valence-corrected chi connectivity index (χ0v) is 11.8. The molecule has 0 aromatic rings. The van der Waals surface area contributed by atoms with Gasteiger partial charge in [-0.25, -0.2) is 0 Å². The van der Waals surface area contributed by atoms with Gasteiger partial charge in [-0.2, -0.15) is 0 Å². The minimum absolute atomic E-state index is 0.350. The van der Waals surface area contributed by atoms with Crippen LogP contribution in [0.1, 0.15) is 47.0 Å². The van der Waals surface area contributed by atoms with Gasteiger partial charge in [0.15, 0.2) is 0 Å². The molecule has 0 spiro atoms. The molecular weight excluding hydrogens is 212 g/mol. The van der Waals surface area contributed by atoms with Crippen LogP contribution in [0.5, 0.6) is 0 Å². The molecule has 1 aliphatic rings. The van der Waals surface area contributed by atoms with E-state index in [1.807, 2.05) is 0 Å². The third kappa shape index (κ3) is 3.98. The van der Waals surface area contributed by atoms with Crippen LogP contribution in [0.3, 0.4) is 0 Å². The molecule has 3 nitrogen and oxygen atoms in total. The van der Waals surface area contributed by atoms with Gasteiger partial charge in [0.1, 0.15) is 0 Å². The first-order valence-corrected chi connectivity index (χ1v) is 7.13. The molecule has 3 unspecified atom stereocenters. The van der Waals surface area contributed by atoms with Crippen LogP contribution in [0.2, 0.25) is 0 Å². The Kier molecular flexibility index (Phi) is 5.96. The van der Waals surface area contributed by atoms with Crippen molar-refractivity contribution in [3.05, 3.63) is 0 Å². The Morgan fingerprint density at radius 1 is 1.41 bits per heavy atom. The standard InChI is InChI=1S/C14H28N2O/c1-5-11(4)13(15-7-3)10-16-9-12(6-2)8-14(16)17/h11-13,15H,5-10H2,1-4H3. The molecule has 0 radical (unpaired) electrons. The number of carbonyl (C=O) groups is 1. The van der Waals surface area contributed by atoms with Crippen LogP contribution in [-0.2, 0) is 4.79 Å². The van der Waals surface area contributed by atoms with Crippen molar-refractivity contribution in [2.24, 2.45) is 11.8 Å². The first kappa shape index (κ1) is 14.5. The van der Waals surface area contributed by atoms with Crippen LogP contribution >= 0.6 is 0 Å². The number of hydrogen-bond acceptors (Lipinski definition) is 2. The lowest BCUT2D eigenvalue weighted by atomic mass is 9.98. The summed E-state index contributed by atoms with van der Waals surface area (Å²) in [5, 5.41) is 3.52. The average molecular weight is 240 g/mol. The number of hydrogen-bond donors (Lipinski definition) is 1. The summed E-state index contributed by atoms with van der Waals surface area (Å²) in [6.07, 6.45) is 3.05. The Labute approximate surface area is 106 Å². The smallest absolute Gasteiger partial charge is 0.222 e. The van der Waals surface area contributed by atoms with E-state index in [0.29, 0.717) is 23.8 Å². The molecule has 0 aliphatic carbocycles. The van der Waals surface area contributed by atoms with Crippen molar-refractivity contribution in [2.75, 3.05) is 19.6 Å². The molecule has 17 heavy (non-hydrogen) atoms. The highest BCUT2D eigenvalue weighted by Crippen LogP contribution is 2.21. The van der Waals surface area contributed by atoms with Gasteiger partial charge in [-0.3, -0.25) is 4.79 Å². The van der Waals surface area contributed by atoms with E-state index in [1.165, 1.54) is 0 Å². The van der Waals surface area contributed by atoms with Crippen LogP contribution in [0.25, 0.3) is 0 Å². The lowest BCUT2D eigenvalue weighted by Crippen LogP contribution is -2.45. The minimum atomic E-state index is 0.350. The molecule has 1 amide bonds. The molecule has 1 fully saturated rings. The van der Waals surface area contributed by atoms with Gasteiger partial charge in [-0.15, -0.1) is 0 Å². The molecule has 1 rings (SSSR count). The molecule has 100 valence electrons. The summed E-state index contributed by atoms with van der Waals surface area (Å²) in [4.78, 5) is 14.0. The molecule has 0 bridgehead atoms. The third-order valence-corrected chi connectivity index (χ3v) is 4.09. The van der Waals surface area contributed by atoms with Crippen molar-refractivity contribution in [3.8, 4) is 0 Å². The predicted octanol–water partition coefficient (Wildman–Crippen LogP) is 2.27. The van der Waals surface area contributed by atoms with E-state index < -0.39 is 0 Å². The maximum absolute atomic E-state index is 11.9. The van der Waals surface area contributed by atoms with Crippen molar-refractivity contribution in [1.29, 1.82) is 0 Å². The Balaban J connectivity index is 2.52. The van der Waals surface area contributed by atoms with Crippen LogP contribution in [0.15, 0.2) is 0 Å². The summed E-state index contributed by atoms with van der Waals surface area (Å²) in [6.45, 7) is 11.6. The van der Waals surface area contributed by atoms with Crippen molar-refractivity contribution in [2.45, 2.75) is 53.0 Å². The number of amides is 1. The normalized spacial score (nSPS) is 24.1. The summed E-state index contributed by atoms with van der Waals surface area (Å²) >= 11 is 0. The van der Waals surface area contributed by atoms with Crippen molar-refractivity contribution >= 4 is 5.91 Å². The van der Waals surface area contributed by atoms with E-state index in [9.17, 15) is 4.79 Å². The minimum Gasteiger partial charge on any atom is -0.341 e. The van der Waals surface area contributed by atoms with Gasteiger partial charge in [0.2, 0.25) is 5.91 Å². The van der Waals surface area contributed by atoms with E-state index in [1.54, 1.807) is 0 Å². The Morgan fingerprint density at radius 3 is 2.59 bits per heavy atom. The Bertz CT molecular complexity index is 242. The summed E-state index contributed by atoms with van der Waals surface area (Å²) in [5.74, 6) is 1.56. The molecule has 1 aliphatic heterocycles. The highest BCUT2D eigenvalue weighted by Gasteiger charge is 2.30. The Morgan fingerprint density at radius 2 is 2.12 bits per heavy atom. The lowest BCUT2D eigenvalue weighted by molar-refractivity contribution is -0.128. The second kappa shape index (κ2) is 7.00. The van der Waals surface area contributed by atoms with Crippen LogP contribution in [-0.4, -0.2) is 36.5 Å². The molecule has 1 saturated heterocycles. The second-order valence-corrected chi connectivity index (χ2v) is 5.33. The zero-order chi connectivity index (χ0) is 12.8. The number of carbonyl (C=O) groups excluding carboxylic acids is 1. The molecule has 1 heterocycles. The first-order chi connectivity index (χ1) is 8.12. The van der Waals surface area contributed by atoms with Gasteiger partial charge < -0.3 is 10.2 Å². The topological polar surface area (TPSA) is 32.3 Å². The fourth-order valence-corrected chi connectivity index (χ4v) is 2.53. The van der Waals surface area contributed by atoms with E-state index in [2.05, 4.69) is 37.9 Å². The average Bonchev–Trinajstić information content (AvgIpc) is 2.68. The van der Waals surface area contributed by atoms with Gasteiger partial charge in [0.05, 0.1) is 0 Å². The second-order valence-electron chi connectivity index (χ2n) is 5.33. The van der Waals surface area contributed by atoms with E-state index in [0.717, 1.165) is 38.9 Å². The summed E-state index contributed by atoms with van der Waals surface area (Å²) < 4.78 is 0. The number of nitrogens with one attached hydrogen (secondary N) is 1. The molecule has 3 heteroatoms. The fourth-order valence-electron chi connectivity index (χ4n) is 2.53. The van der Waals surface area contributed by atoms with Crippen molar-refractivity contribution in [1.82, 2.24) is 10.2 Å². The van der Waals surface area contributed by atoms with E-state index in [-0.39, 0.29) is 0 Å². The maximum atomic E-state index is 11.9. The van der Waals surface area contributed by atoms with E-state index >= 15 is 0 Å². The van der Waals surface area contributed by atoms with Gasteiger partial charge in [-0.1, -0.05) is 40.5 Å². The van der Waals surface area contributed by atoms with Gasteiger partial charge in [0.25, 0.3) is 0 Å². The number of likely N-dealkylation sites (N-methyl/N-ethyl adjacent to an activating group) is 1. The lowest BCUT2D eigenvalue weighted by Gasteiger charge is -2.29. The summed E-state index contributed by atoms with van der Waals surface area (Å²) in [6, 6.07) is 0.449. The summed E-state index contributed by atoms with van der Waals surface area (Å²) in [5.41, 5.74) is 0. The third-order valence-electron chi connectivity index (χ3n) is 4.09. The van der Waals surface area contributed by atoms with Gasteiger partial charge in [-0.05, 0) is 18.4 Å². The van der Waals surface area contributed by atoms with Crippen LogP contribution in [0.4, 0.5) is 0 Å². The van der Waals surface area contributed by atoms with E-state index in [4.69, 9.17) is 0 Å². The molecule has 0 aromatic heterocycles. The van der Waals surface area contributed by atoms with Crippen molar-refractivity contribution in [3.63, 3.8) is 0 Å². The van der Waals surface area contributed by atoms with Gasteiger partial charge in [0, 0.05) is 25.6 Å². The zero-order valence-electron chi connectivity index (χ0n) is 11.8. The first-order valence-electron chi connectivity index (χ1n) is 7.13. The number of likely N-dealkylation sites (tertiary alicyclic amines) is 1. The Hall–Kier alpha value is -0.570. The van der Waals surface area contributed by atoms with Crippen LogP contribution in [0, 0.1) is 11.8 Å². The van der Waals surface area contributed by atoms with Gasteiger partial charge >= 0.3 is 0 Å². The SMILES string of the molecule is CCNC(CN1CC(CC)CC1=O)C(C)CC. The molecular formula is C14H28N2O. The molecule has 1 N–H and O–H groups in total.